The van der Waals surface area contributed by atoms with Crippen LogP contribution < -0.4 is 10.6 Å². The number of benzene rings is 1. The van der Waals surface area contributed by atoms with Crippen LogP contribution in [-0.4, -0.2) is 43.4 Å². The van der Waals surface area contributed by atoms with Gasteiger partial charge in [0.25, 0.3) is 0 Å². The topological polar surface area (TPSA) is 95.6 Å². The Hall–Kier alpha value is -1.93. The molecule has 0 saturated carbocycles. The van der Waals surface area contributed by atoms with Gasteiger partial charge in [-0.2, -0.15) is 0 Å². The monoisotopic (exact) mass is 381 g/mol. The molecule has 1 heterocycles. The molecular formula is C18H27N3O4S. The van der Waals surface area contributed by atoms with E-state index in [4.69, 9.17) is 0 Å². The summed E-state index contributed by atoms with van der Waals surface area (Å²) in [6.07, 6.45) is 2.54. The first kappa shape index (κ1) is 20.4. The molecule has 2 N–H and O–H groups in total. The first-order valence-corrected chi connectivity index (χ1v) is 10.6. The molecule has 0 spiro atoms. The maximum atomic E-state index is 12.5. The molecule has 2 amide bonds. The van der Waals surface area contributed by atoms with Crippen LogP contribution in [-0.2, 0) is 19.6 Å². The smallest absolute Gasteiger partial charge is 0.227 e. The number of piperidine rings is 1. The lowest BCUT2D eigenvalue weighted by Gasteiger charge is -2.30. The van der Waals surface area contributed by atoms with E-state index in [9.17, 15) is 18.0 Å². The minimum atomic E-state index is -3.21. The Bertz CT molecular complexity index is 741. The van der Waals surface area contributed by atoms with Gasteiger partial charge >= 0.3 is 0 Å². The van der Waals surface area contributed by atoms with Crippen molar-refractivity contribution in [2.75, 3.05) is 29.5 Å². The van der Waals surface area contributed by atoms with Crippen molar-refractivity contribution in [3.8, 4) is 0 Å². The number of amides is 2. The van der Waals surface area contributed by atoms with Crippen LogP contribution in [0.1, 0.15) is 39.5 Å². The minimum Gasteiger partial charge on any atom is -0.326 e. The predicted octanol–water partition coefficient (Wildman–Crippen LogP) is 2.43. The van der Waals surface area contributed by atoms with Crippen LogP contribution >= 0.6 is 0 Å². The summed E-state index contributed by atoms with van der Waals surface area (Å²) >= 11 is 0. The van der Waals surface area contributed by atoms with Gasteiger partial charge in [-0.3, -0.25) is 9.59 Å². The molecule has 8 heteroatoms. The van der Waals surface area contributed by atoms with Crippen molar-refractivity contribution in [1.29, 1.82) is 0 Å². The number of carbonyl (C=O) groups excluding carboxylic acids is 2. The Balaban J connectivity index is 1.89. The zero-order valence-corrected chi connectivity index (χ0v) is 16.1. The van der Waals surface area contributed by atoms with E-state index >= 15 is 0 Å². The summed E-state index contributed by atoms with van der Waals surface area (Å²) in [4.78, 5) is 23.6. The summed E-state index contributed by atoms with van der Waals surface area (Å²) in [6.45, 7) is 4.16. The molecule has 1 fully saturated rings. The molecule has 1 aromatic rings. The van der Waals surface area contributed by atoms with Crippen LogP contribution in [0.3, 0.4) is 0 Å². The number of rotatable bonds is 7. The molecule has 26 heavy (non-hydrogen) atoms. The Morgan fingerprint density at radius 3 is 2.35 bits per heavy atom. The van der Waals surface area contributed by atoms with Gasteiger partial charge in [0.15, 0.2) is 0 Å². The molecule has 0 aliphatic carbocycles. The van der Waals surface area contributed by atoms with E-state index in [0.29, 0.717) is 43.7 Å². The number of hydrogen-bond donors (Lipinski definition) is 2. The Morgan fingerprint density at radius 2 is 1.77 bits per heavy atom. The molecule has 0 aromatic heterocycles. The standard InChI is InChI=1S/C18H27N3O4S/c1-3-4-12-26(24,25)21-10-8-15(9-11-21)18(23)20-17-7-5-6-16(13-17)19-14(2)22/h5-7,13,15H,3-4,8-12H2,1-2H3,(H,19,22)(H,20,23). The average molecular weight is 381 g/mol. The van der Waals surface area contributed by atoms with Crippen LogP contribution in [0.2, 0.25) is 0 Å². The van der Waals surface area contributed by atoms with Crippen LogP contribution in [0.15, 0.2) is 24.3 Å². The lowest BCUT2D eigenvalue weighted by Crippen LogP contribution is -2.42. The van der Waals surface area contributed by atoms with Crippen LogP contribution in [0.25, 0.3) is 0 Å². The average Bonchev–Trinajstić information content (AvgIpc) is 2.60. The molecule has 1 aliphatic rings. The van der Waals surface area contributed by atoms with E-state index < -0.39 is 10.0 Å². The highest BCUT2D eigenvalue weighted by Gasteiger charge is 2.30. The fraction of sp³-hybridized carbons (Fsp3) is 0.556. The fourth-order valence-electron chi connectivity index (χ4n) is 2.97. The Labute approximate surface area is 155 Å². The first-order valence-electron chi connectivity index (χ1n) is 8.98. The largest absolute Gasteiger partial charge is 0.326 e. The van der Waals surface area contributed by atoms with Gasteiger partial charge in [0.1, 0.15) is 0 Å². The first-order chi connectivity index (χ1) is 12.3. The van der Waals surface area contributed by atoms with Crippen molar-refractivity contribution >= 4 is 33.2 Å². The zero-order chi connectivity index (χ0) is 19.2. The maximum Gasteiger partial charge on any atom is 0.227 e. The Kier molecular flexibility index (Phi) is 7.16. The normalized spacial score (nSPS) is 16.2. The fourth-order valence-corrected chi connectivity index (χ4v) is 4.65. The highest BCUT2D eigenvalue weighted by molar-refractivity contribution is 7.89. The molecule has 1 aromatic carbocycles. The quantitative estimate of drug-likeness (QED) is 0.758. The summed E-state index contributed by atoms with van der Waals surface area (Å²) in [7, 11) is -3.21. The highest BCUT2D eigenvalue weighted by Crippen LogP contribution is 2.23. The molecule has 2 rings (SSSR count). The molecular weight excluding hydrogens is 354 g/mol. The molecule has 0 atom stereocenters. The van der Waals surface area contributed by atoms with Crippen molar-refractivity contribution in [2.24, 2.45) is 5.92 Å². The van der Waals surface area contributed by atoms with Gasteiger partial charge in [-0.05, 0) is 37.5 Å². The lowest BCUT2D eigenvalue weighted by molar-refractivity contribution is -0.121. The van der Waals surface area contributed by atoms with Gasteiger partial charge < -0.3 is 10.6 Å². The summed E-state index contributed by atoms with van der Waals surface area (Å²) in [6, 6.07) is 6.96. The molecule has 7 nitrogen and oxygen atoms in total. The number of carbonyl (C=O) groups is 2. The van der Waals surface area contributed by atoms with Crippen molar-refractivity contribution in [3.05, 3.63) is 24.3 Å². The van der Waals surface area contributed by atoms with Gasteiger partial charge in [0.05, 0.1) is 5.75 Å². The van der Waals surface area contributed by atoms with E-state index in [-0.39, 0.29) is 23.5 Å². The zero-order valence-electron chi connectivity index (χ0n) is 15.3. The second kappa shape index (κ2) is 9.14. The summed E-state index contributed by atoms with van der Waals surface area (Å²) < 4.78 is 26.0. The number of unbranched alkanes of at least 4 members (excludes halogenated alkanes) is 1. The molecule has 144 valence electrons. The molecule has 0 bridgehead atoms. The van der Waals surface area contributed by atoms with Crippen LogP contribution in [0.4, 0.5) is 11.4 Å². The van der Waals surface area contributed by atoms with Crippen LogP contribution in [0.5, 0.6) is 0 Å². The van der Waals surface area contributed by atoms with Gasteiger partial charge in [-0.1, -0.05) is 19.4 Å². The van der Waals surface area contributed by atoms with E-state index in [1.54, 1.807) is 24.3 Å². The number of nitrogens with one attached hydrogen (secondary N) is 2. The number of sulfonamides is 1. The van der Waals surface area contributed by atoms with Crippen LogP contribution in [0, 0.1) is 5.92 Å². The maximum absolute atomic E-state index is 12.5. The van der Waals surface area contributed by atoms with Gasteiger partial charge in [0, 0.05) is 37.3 Å². The second-order valence-corrected chi connectivity index (χ2v) is 8.68. The van der Waals surface area contributed by atoms with E-state index in [1.165, 1.54) is 11.2 Å². The van der Waals surface area contributed by atoms with Crippen molar-refractivity contribution in [2.45, 2.75) is 39.5 Å². The molecule has 0 unspecified atom stereocenters. The summed E-state index contributed by atoms with van der Waals surface area (Å²) in [5, 5.41) is 5.53. The summed E-state index contributed by atoms with van der Waals surface area (Å²) in [5.74, 6) is -0.325. The number of hydrogen-bond acceptors (Lipinski definition) is 4. The van der Waals surface area contributed by atoms with E-state index in [0.717, 1.165) is 6.42 Å². The molecule has 0 radical (unpaired) electrons. The number of nitrogens with zero attached hydrogens (tertiary/aromatic N) is 1. The minimum absolute atomic E-state index is 0.115. The lowest BCUT2D eigenvalue weighted by atomic mass is 9.97. The van der Waals surface area contributed by atoms with Gasteiger partial charge in [-0.15, -0.1) is 0 Å². The third-order valence-electron chi connectivity index (χ3n) is 4.42. The van der Waals surface area contributed by atoms with E-state index in [1.807, 2.05) is 6.92 Å². The van der Waals surface area contributed by atoms with Crippen molar-refractivity contribution in [1.82, 2.24) is 4.31 Å². The van der Waals surface area contributed by atoms with Gasteiger partial charge in [-0.25, -0.2) is 12.7 Å². The third kappa shape index (κ3) is 5.81. The van der Waals surface area contributed by atoms with Crippen molar-refractivity contribution in [3.63, 3.8) is 0 Å². The number of anilines is 2. The van der Waals surface area contributed by atoms with Gasteiger partial charge in [0.2, 0.25) is 21.8 Å². The third-order valence-corrected chi connectivity index (χ3v) is 6.38. The van der Waals surface area contributed by atoms with E-state index in [2.05, 4.69) is 10.6 Å². The molecule has 1 aliphatic heterocycles. The SMILES string of the molecule is CCCCS(=O)(=O)N1CCC(C(=O)Nc2cccc(NC(C)=O)c2)CC1. The highest BCUT2D eigenvalue weighted by atomic mass is 32.2. The Morgan fingerprint density at radius 1 is 1.15 bits per heavy atom. The predicted molar refractivity (Wildman–Crippen MR) is 102 cm³/mol. The molecule has 1 saturated heterocycles. The summed E-state index contributed by atoms with van der Waals surface area (Å²) in [5.41, 5.74) is 1.23. The van der Waals surface area contributed by atoms with Crippen molar-refractivity contribution < 1.29 is 18.0 Å². The second-order valence-electron chi connectivity index (χ2n) is 6.59.